The molecule has 0 heterocycles. The summed E-state index contributed by atoms with van der Waals surface area (Å²) < 4.78 is 4.67. The molecule has 0 rings (SSSR count). The lowest BCUT2D eigenvalue weighted by atomic mass is 10.1. The average molecular weight is 155 g/mol. The maximum absolute atomic E-state index is 10.2. The zero-order valence-electron chi connectivity index (χ0n) is 5.99. The van der Waals surface area contributed by atoms with E-state index in [9.17, 15) is 4.79 Å². The second-order valence-electron chi connectivity index (χ2n) is 1.85. The number of hydrogen-bond acceptors (Lipinski definition) is 3. The Hall–Kier alpha value is -1.50. The third-order valence-corrected chi connectivity index (χ3v) is 1.10. The molecule has 0 spiro atoms. The topological polar surface area (TPSA) is 70.3 Å². The molecule has 1 unspecified atom stereocenters. The van der Waals surface area contributed by atoms with E-state index in [0.29, 0.717) is 0 Å². The van der Waals surface area contributed by atoms with Gasteiger partial charge in [0, 0.05) is 6.42 Å². The maximum Gasteiger partial charge on any atom is 0.321 e. The molecule has 0 aliphatic carbocycles. The molecular formula is C7H9NO3. The van der Waals surface area contributed by atoms with Crippen molar-refractivity contribution in [3.8, 4) is 6.07 Å². The Morgan fingerprint density at radius 2 is 2.55 bits per heavy atom. The van der Waals surface area contributed by atoms with Gasteiger partial charge in [0.05, 0.1) is 18.9 Å². The summed E-state index contributed by atoms with van der Waals surface area (Å²) >= 11 is 0. The van der Waals surface area contributed by atoms with Crippen LogP contribution in [0.2, 0.25) is 0 Å². The van der Waals surface area contributed by atoms with Gasteiger partial charge in [-0.2, -0.15) is 5.26 Å². The number of carboxylic acid groups (broad SMARTS) is 1. The zero-order valence-corrected chi connectivity index (χ0v) is 5.99. The van der Waals surface area contributed by atoms with Gasteiger partial charge in [-0.05, 0) is 0 Å². The minimum absolute atomic E-state index is 0.192. The highest BCUT2D eigenvalue weighted by atomic mass is 16.5. The lowest BCUT2D eigenvalue weighted by Crippen LogP contribution is -2.13. The summed E-state index contributed by atoms with van der Waals surface area (Å²) in [4.78, 5) is 10.2. The van der Waals surface area contributed by atoms with Gasteiger partial charge < -0.3 is 9.84 Å². The second kappa shape index (κ2) is 5.30. The van der Waals surface area contributed by atoms with Crippen molar-refractivity contribution < 1.29 is 14.6 Å². The highest BCUT2D eigenvalue weighted by molar-refractivity contribution is 5.72. The van der Waals surface area contributed by atoms with Crippen molar-refractivity contribution in [2.75, 3.05) is 6.61 Å². The molecule has 0 aliphatic rings. The van der Waals surface area contributed by atoms with E-state index >= 15 is 0 Å². The molecule has 0 saturated heterocycles. The van der Waals surface area contributed by atoms with Gasteiger partial charge in [0.25, 0.3) is 0 Å². The van der Waals surface area contributed by atoms with Crippen molar-refractivity contribution in [2.24, 2.45) is 5.92 Å². The standard InChI is InChI=1S/C7H9NO3/c1-2-11-4-3-6(5-8)7(9)10/h2,6H,1,3-4H2,(H,9,10). The fraction of sp³-hybridized carbons (Fsp3) is 0.429. The number of carboxylic acids is 1. The molecule has 4 heteroatoms. The van der Waals surface area contributed by atoms with E-state index in [1.807, 2.05) is 0 Å². The Morgan fingerprint density at radius 1 is 1.91 bits per heavy atom. The van der Waals surface area contributed by atoms with E-state index in [4.69, 9.17) is 10.4 Å². The molecule has 0 aliphatic heterocycles. The molecule has 0 aromatic rings. The number of carbonyl (C=O) groups is 1. The molecule has 1 atom stereocenters. The van der Waals surface area contributed by atoms with E-state index < -0.39 is 11.9 Å². The van der Waals surface area contributed by atoms with Crippen LogP contribution < -0.4 is 0 Å². The molecule has 0 bridgehead atoms. The van der Waals surface area contributed by atoms with Gasteiger partial charge in [-0.3, -0.25) is 4.79 Å². The quantitative estimate of drug-likeness (QED) is 0.470. The van der Waals surface area contributed by atoms with Crippen LogP contribution in [-0.2, 0) is 9.53 Å². The zero-order chi connectivity index (χ0) is 8.69. The van der Waals surface area contributed by atoms with Crippen molar-refractivity contribution in [1.82, 2.24) is 0 Å². The third kappa shape index (κ3) is 3.98. The maximum atomic E-state index is 10.2. The lowest BCUT2D eigenvalue weighted by molar-refractivity contribution is -0.140. The summed E-state index contributed by atoms with van der Waals surface area (Å²) in [5.74, 6) is -2.09. The molecule has 11 heavy (non-hydrogen) atoms. The highest BCUT2D eigenvalue weighted by Gasteiger charge is 2.15. The number of rotatable bonds is 5. The molecule has 0 radical (unpaired) electrons. The molecule has 1 N–H and O–H groups in total. The summed E-state index contributed by atoms with van der Waals surface area (Å²) in [6.45, 7) is 3.49. The summed E-state index contributed by atoms with van der Waals surface area (Å²) in [5.41, 5.74) is 0. The van der Waals surface area contributed by atoms with E-state index in [1.54, 1.807) is 6.07 Å². The SMILES string of the molecule is C=COCCC(C#N)C(=O)O. The molecular weight excluding hydrogens is 146 g/mol. The number of hydrogen-bond donors (Lipinski definition) is 1. The van der Waals surface area contributed by atoms with Gasteiger partial charge in [-0.1, -0.05) is 6.58 Å². The number of aliphatic carboxylic acids is 1. The smallest absolute Gasteiger partial charge is 0.321 e. The monoisotopic (exact) mass is 155 g/mol. The first-order chi connectivity index (χ1) is 5.22. The first-order valence-electron chi connectivity index (χ1n) is 3.07. The summed E-state index contributed by atoms with van der Waals surface area (Å²) in [6.07, 6.45) is 1.41. The molecule has 4 nitrogen and oxygen atoms in total. The van der Waals surface area contributed by atoms with Crippen LogP contribution >= 0.6 is 0 Å². The van der Waals surface area contributed by atoms with E-state index in [1.165, 1.54) is 6.26 Å². The van der Waals surface area contributed by atoms with Crippen molar-refractivity contribution >= 4 is 5.97 Å². The Labute approximate surface area is 64.7 Å². The number of nitriles is 1. The van der Waals surface area contributed by atoms with Crippen molar-refractivity contribution in [3.05, 3.63) is 12.8 Å². The first kappa shape index (κ1) is 9.50. The van der Waals surface area contributed by atoms with Crippen molar-refractivity contribution in [3.63, 3.8) is 0 Å². The van der Waals surface area contributed by atoms with Crippen LogP contribution in [0, 0.1) is 17.2 Å². The molecule has 0 amide bonds. The van der Waals surface area contributed by atoms with Crippen LogP contribution in [0.25, 0.3) is 0 Å². The molecule has 0 aromatic carbocycles. The van der Waals surface area contributed by atoms with Crippen molar-refractivity contribution in [2.45, 2.75) is 6.42 Å². The van der Waals surface area contributed by atoms with Crippen LogP contribution in [0.1, 0.15) is 6.42 Å². The molecule has 60 valence electrons. The van der Waals surface area contributed by atoms with E-state index in [0.717, 1.165) is 0 Å². The fourth-order valence-corrected chi connectivity index (χ4v) is 0.512. The Balaban J connectivity index is 3.63. The normalized spacial score (nSPS) is 11.2. The number of ether oxygens (including phenoxy) is 1. The minimum Gasteiger partial charge on any atom is -0.502 e. The van der Waals surface area contributed by atoms with Crippen LogP contribution in [0.4, 0.5) is 0 Å². The Bertz CT molecular complexity index is 183. The van der Waals surface area contributed by atoms with Crippen molar-refractivity contribution in [1.29, 1.82) is 5.26 Å². The van der Waals surface area contributed by atoms with Gasteiger partial charge in [0.1, 0.15) is 5.92 Å². The minimum atomic E-state index is -1.11. The van der Waals surface area contributed by atoms with Gasteiger partial charge >= 0.3 is 5.97 Å². The molecule has 0 aromatic heterocycles. The van der Waals surface area contributed by atoms with Crippen LogP contribution in [0.15, 0.2) is 12.8 Å². The predicted octanol–water partition coefficient (Wildman–Crippen LogP) is 0.761. The largest absolute Gasteiger partial charge is 0.502 e. The Kier molecular flexibility index (Phi) is 4.58. The molecule has 0 saturated carbocycles. The third-order valence-electron chi connectivity index (χ3n) is 1.10. The predicted molar refractivity (Wildman–Crippen MR) is 37.5 cm³/mol. The Morgan fingerprint density at radius 3 is 2.91 bits per heavy atom. The van der Waals surface area contributed by atoms with E-state index in [-0.39, 0.29) is 13.0 Å². The first-order valence-corrected chi connectivity index (χ1v) is 3.07. The van der Waals surface area contributed by atoms with Crippen LogP contribution in [-0.4, -0.2) is 17.7 Å². The summed E-state index contributed by atoms with van der Waals surface area (Å²) in [5, 5.41) is 16.7. The average Bonchev–Trinajstić information content (AvgIpc) is 1.97. The number of nitrogens with zero attached hydrogens (tertiary/aromatic N) is 1. The summed E-state index contributed by atoms with van der Waals surface area (Å²) in [7, 11) is 0. The van der Waals surface area contributed by atoms with Gasteiger partial charge in [0.15, 0.2) is 0 Å². The molecule has 0 fully saturated rings. The lowest BCUT2D eigenvalue weighted by Gasteiger charge is -2.01. The summed E-state index contributed by atoms with van der Waals surface area (Å²) in [6, 6.07) is 1.65. The van der Waals surface area contributed by atoms with Gasteiger partial charge in [0.2, 0.25) is 0 Å². The van der Waals surface area contributed by atoms with Crippen LogP contribution in [0.3, 0.4) is 0 Å². The van der Waals surface area contributed by atoms with Gasteiger partial charge in [-0.15, -0.1) is 0 Å². The van der Waals surface area contributed by atoms with Gasteiger partial charge in [-0.25, -0.2) is 0 Å². The fourth-order valence-electron chi connectivity index (χ4n) is 0.512. The van der Waals surface area contributed by atoms with Crippen LogP contribution in [0.5, 0.6) is 0 Å². The van der Waals surface area contributed by atoms with E-state index in [2.05, 4.69) is 11.3 Å². The highest BCUT2D eigenvalue weighted by Crippen LogP contribution is 2.01. The second-order valence-corrected chi connectivity index (χ2v) is 1.85.